The lowest BCUT2D eigenvalue weighted by atomic mass is 9.77. The van der Waals surface area contributed by atoms with Crippen molar-refractivity contribution < 1.29 is 14.3 Å². The molecule has 1 fully saturated rings. The molecule has 0 amide bonds. The van der Waals surface area contributed by atoms with Gasteiger partial charge in [0.1, 0.15) is 18.1 Å². The van der Waals surface area contributed by atoms with E-state index in [-0.39, 0.29) is 30.3 Å². The number of hydrogen-bond acceptors (Lipinski definition) is 4. The van der Waals surface area contributed by atoms with Crippen LogP contribution < -0.4 is 0 Å². The first-order chi connectivity index (χ1) is 8.01. The second-order valence-electron chi connectivity index (χ2n) is 5.39. The molecule has 0 aromatic heterocycles. The molecule has 90 valence electrons. The normalized spacial score (nSPS) is 43.9. The number of cyclic esters (lactones) is 1. The number of fused-ring (bicyclic) bond motifs is 2. The van der Waals surface area contributed by atoms with E-state index in [2.05, 4.69) is 4.99 Å². The van der Waals surface area contributed by atoms with Crippen LogP contribution in [0, 0.1) is 17.8 Å². The summed E-state index contributed by atoms with van der Waals surface area (Å²) in [6, 6.07) is 0. The summed E-state index contributed by atoms with van der Waals surface area (Å²) in [5.74, 6) is 0.176. The average molecular weight is 233 g/mol. The van der Waals surface area contributed by atoms with Gasteiger partial charge in [0.2, 0.25) is 0 Å². The van der Waals surface area contributed by atoms with Gasteiger partial charge < -0.3 is 4.74 Å². The van der Waals surface area contributed by atoms with Gasteiger partial charge in [-0.2, -0.15) is 0 Å². The summed E-state index contributed by atoms with van der Waals surface area (Å²) < 4.78 is 5.16. The number of esters is 1. The maximum atomic E-state index is 11.9. The Bertz CT molecular complexity index is 465. The fourth-order valence-electron chi connectivity index (χ4n) is 3.25. The number of allylic oxidation sites excluding steroid dienone is 2. The third-order valence-corrected chi connectivity index (χ3v) is 4.20. The molecule has 0 unspecified atom stereocenters. The zero-order valence-corrected chi connectivity index (χ0v) is 9.97. The van der Waals surface area contributed by atoms with Gasteiger partial charge in [-0.1, -0.05) is 12.2 Å². The van der Waals surface area contributed by atoms with E-state index in [1.807, 2.05) is 19.1 Å². The summed E-state index contributed by atoms with van der Waals surface area (Å²) in [5, 5.41) is 0. The molecule has 4 nitrogen and oxygen atoms in total. The molecule has 3 rings (SSSR count). The van der Waals surface area contributed by atoms with E-state index >= 15 is 0 Å². The van der Waals surface area contributed by atoms with Crippen molar-refractivity contribution in [1.29, 1.82) is 0 Å². The van der Waals surface area contributed by atoms with Gasteiger partial charge >= 0.3 is 5.97 Å². The van der Waals surface area contributed by atoms with Crippen LogP contribution in [0.4, 0.5) is 0 Å². The summed E-state index contributed by atoms with van der Waals surface area (Å²) >= 11 is 0. The van der Waals surface area contributed by atoms with E-state index in [9.17, 15) is 9.59 Å². The highest BCUT2D eigenvalue weighted by Crippen LogP contribution is 2.47. The van der Waals surface area contributed by atoms with Crippen LogP contribution in [0.25, 0.3) is 0 Å². The number of aliphatic imine (C=N–C) groups is 1. The number of carbonyl (C=O) groups excluding carboxylic acids is 2. The van der Waals surface area contributed by atoms with E-state index in [0.29, 0.717) is 11.5 Å². The summed E-state index contributed by atoms with van der Waals surface area (Å²) in [6.45, 7) is 3.94. The molecule has 3 aliphatic rings. The van der Waals surface area contributed by atoms with Crippen molar-refractivity contribution in [2.75, 3.05) is 6.61 Å². The quantitative estimate of drug-likeness (QED) is 0.504. The van der Waals surface area contributed by atoms with Gasteiger partial charge in [-0.3, -0.25) is 9.79 Å². The predicted molar refractivity (Wildman–Crippen MR) is 61.7 cm³/mol. The molecule has 4 atom stereocenters. The zero-order chi connectivity index (χ0) is 12.2. The van der Waals surface area contributed by atoms with Gasteiger partial charge in [0.25, 0.3) is 0 Å². The fraction of sp³-hybridized carbons (Fsp3) is 0.615. The fourth-order valence-corrected chi connectivity index (χ4v) is 3.25. The van der Waals surface area contributed by atoms with Crippen molar-refractivity contribution in [3.05, 3.63) is 12.2 Å². The molecule has 4 heteroatoms. The lowest BCUT2D eigenvalue weighted by Crippen LogP contribution is -2.46. The van der Waals surface area contributed by atoms with Crippen LogP contribution in [0.5, 0.6) is 0 Å². The van der Waals surface area contributed by atoms with Gasteiger partial charge in [0.15, 0.2) is 0 Å². The molecule has 2 bridgehead atoms. The minimum Gasteiger partial charge on any atom is -0.459 e. The lowest BCUT2D eigenvalue weighted by molar-refractivity contribution is -0.139. The Morgan fingerprint density at radius 2 is 2.18 bits per heavy atom. The molecule has 17 heavy (non-hydrogen) atoms. The Hall–Kier alpha value is -1.45. The summed E-state index contributed by atoms with van der Waals surface area (Å²) in [7, 11) is 0. The van der Waals surface area contributed by atoms with E-state index in [1.165, 1.54) is 0 Å². The molecule has 0 aromatic carbocycles. The maximum absolute atomic E-state index is 11.9. The Kier molecular flexibility index (Phi) is 2.06. The molecule has 1 heterocycles. The first-order valence-corrected chi connectivity index (χ1v) is 5.97. The lowest BCUT2D eigenvalue weighted by Gasteiger charge is -2.37. The largest absolute Gasteiger partial charge is 0.459 e. The summed E-state index contributed by atoms with van der Waals surface area (Å²) in [6.07, 6.45) is 4.83. The molecular formula is C13H15NO3. The van der Waals surface area contributed by atoms with Crippen molar-refractivity contribution in [2.24, 2.45) is 22.7 Å². The first kappa shape index (κ1) is 10.7. The van der Waals surface area contributed by atoms with E-state index in [0.717, 1.165) is 6.42 Å². The van der Waals surface area contributed by atoms with Gasteiger partial charge in [-0.25, -0.2) is 4.79 Å². The third-order valence-electron chi connectivity index (χ3n) is 4.20. The highest BCUT2D eigenvalue weighted by atomic mass is 16.5. The number of Topliss-reactive ketones (excluding diaryl/α,β-unsaturated/α-hetero) is 1. The van der Waals surface area contributed by atoms with Crippen LogP contribution >= 0.6 is 0 Å². The van der Waals surface area contributed by atoms with E-state index in [1.54, 1.807) is 6.92 Å². The summed E-state index contributed by atoms with van der Waals surface area (Å²) in [5.41, 5.74) is -0.0179. The highest BCUT2D eigenvalue weighted by Gasteiger charge is 2.52. The molecule has 0 spiro atoms. The van der Waals surface area contributed by atoms with Crippen LogP contribution in [-0.2, 0) is 14.3 Å². The topological polar surface area (TPSA) is 55.7 Å². The Balaban J connectivity index is 1.93. The smallest absolute Gasteiger partial charge is 0.352 e. The Morgan fingerprint density at radius 1 is 1.41 bits per heavy atom. The number of carbonyl (C=O) groups is 2. The van der Waals surface area contributed by atoms with Crippen molar-refractivity contribution in [1.82, 2.24) is 0 Å². The van der Waals surface area contributed by atoms with Crippen LogP contribution in [-0.4, -0.2) is 29.6 Å². The Morgan fingerprint density at radius 3 is 2.71 bits per heavy atom. The van der Waals surface area contributed by atoms with Crippen LogP contribution in [0.15, 0.2) is 17.1 Å². The average Bonchev–Trinajstić information content (AvgIpc) is 2.81. The van der Waals surface area contributed by atoms with E-state index in [4.69, 9.17) is 4.74 Å². The van der Waals surface area contributed by atoms with Gasteiger partial charge in [0.05, 0.1) is 5.54 Å². The van der Waals surface area contributed by atoms with E-state index < -0.39 is 5.54 Å². The molecule has 0 aromatic rings. The van der Waals surface area contributed by atoms with Crippen molar-refractivity contribution >= 4 is 17.5 Å². The monoisotopic (exact) mass is 233 g/mol. The molecule has 1 aliphatic heterocycles. The van der Waals surface area contributed by atoms with Crippen LogP contribution in [0.1, 0.15) is 20.3 Å². The number of nitrogens with zero attached hydrogens (tertiary/aromatic N) is 1. The standard InChI is InChI=1S/C13H15NO3/c1-7-12(16)17-6-13(2,14-7)10-5-8-3-4-9(10)11(8)15/h3-4,8-10H,5-6H2,1-2H3/t8-,9+,10+,13-/m1/s1. The minimum absolute atomic E-state index is 0.0293. The predicted octanol–water partition coefficient (Wildman–Crippen LogP) is 1.15. The molecule has 0 N–H and O–H groups in total. The number of rotatable bonds is 1. The zero-order valence-electron chi connectivity index (χ0n) is 9.97. The van der Waals surface area contributed by atoms with Crippen molar-refractivity contribution in [2.45, 2.75) is 25.8 Å². The van der Waals surface area contributed by atoms with Gasteiger partial charge in [-0.15, -0.1) is 0 Å². The molecular weight excluding hydrogens is 218 g/mol. The number of ketones is 1. The number of ether oxygens (including phenoxy) is 1. The van der Waals surface area contributed by atoms with Crippen molar-refractivity contribution in [3.8, 4) is 0 Å². The van der Waals surface area contributed by atoms with Crippen LogP contribution in [0.3, 0.4) is 0 Å². The van der Waals surface area contributed by atoms with Crippen molar-refractivity contribution in [3.63, 3.8) is 0 Å². The number of hydrogen-bond donors (Lipinski definition) is 0. The molecule has 1 saturated carbocycles. The molecule has 0 saturated heterocycles. The summed E-state index contributed by atoms with van der Waals surface area (Å²) in [4.78, 5) is 27.7. The van der Waals surface area contributed by atoms with Gasteiger partial charge in [0, 0.05) is 17.8 Å². The third kappa shape index (κ3) is 1.39. The van der Waals surface area contributed by atoms with Gasteiger partial charge in [-0.05, 0) is 20.3 Å². The highest BCUT2D eigenvalue weighted by molar-refractivity contribution is 6.35. The minimum atomic E-state index is -0.433. The first-order valence-electron chi connectivity index (χ1n) is 5.97. The second kappa shape index (κ2) is 3.28. The SMILES string of the molecule is CC1=N[C@@](C)([C@H]2C[C@H]3C=C[C@@H]2C3=O)COC1=O. The second-order valence-corrected chi connectivity index (χ2v) is 5.39. The van der Waals surface area contributed by atoms with Crippen LogP contribution in [0.2, 0.25) is 0 Å². The molecule has 0 radical (unpaired) electrons. The Labute approximate surface area is 99.7 Å². The maximum Gasteiger partial charge on any atom is 0.352 e. The molecule has 2 aliphatic carbocycles.